The molecule has 0 spiro atoms. The highest BCUT2D eigenvalue weighted by molar-refractivity contribution is 9.09. The minimum Gasteiger partial charge on any atom is -0.282 e. The van der Waals surface area contributed by atoms with Gasteiger partial charge in [-0.2, -0.15) is 0 Å². The van der Waals surface area contributed by atoms with Crippen LogP contribution in [0.5, 0.6) is 0 Å². The van der Waals surface area contributed by atoms with Crippen molar-refractivity contribution >= 4 is 27.7 Å². The van der Waals surface area contributed by atoms with Gasteiger partial charge in [0.05, 0.1) is 11.8 Å². The van der Waals surface area contributed by atoms with Crippen LogP contribution < -0.4 is 0 Å². The minimum absolute atomic E-state index is 0.00345. The molecule has 0 aromatic carbocycles. The zero-order valence-corrected chi connectivity index (χ0v) is 13.1. The first-order valence-electron chi connectivity index (χ1n) is 7.47. The highest BCUT2D eigenvalue weighted by Crippen LogP contribution is 2.46. The number of likely N-dealkylation sites (tertiary alicyclic amines) is 1. The molecule has 0 N–H and O–H groups in total. The van der Waals surface area contributed by atoms with Gasteiger partial charge in [-0.15, -0.1) is 0 Å². The summed E-state index contributed by atoms with van der Waals surface area (Å²) in [6.07, 6.45) is 6.56. The van der Waals surface area contributed by atoms with Crippen LogP contribution in [0.15, 0.2) is 0 Å². The monoisotopic (exact) mass is 327 g/mol. The second kappa shape index (κ2) is 4.87. The van der Waals surface area contributed by atoms with Crippen LogP contribution in [-0.4, -0.2) is 28.6 Å². The van der Waals surface area contributed by atoms with Crippen molar-refractivity contribution < 1.29 is 9.59 Å². The zero-order chi connectivity index (χ0) is 13.6. The van der Waals surface area contributed by atoms with E-state index in [1.165, 1.54) is 12.8 Å². The van der Waals surface area contributed by atoms with E-state index in [-0.39, 0.29) is 29.1 Å². The second-order valence-corrected chi connectivity index (χ2v) is 7.45. The number of carbonyl (C=O) groups is 2. The average Bonchev–Trinajstić information content (AvgIpc) is 3.05. The van der Waals surface area contributed by atoms with Gasteiger partial charge in [0.25, 0.3) is 0 Å². The molecule has 0 radical (unpaired) electrons. The molecule has 3 fully saturated rings. The maximum Gasteiger partial charge on any atom is 0.233 e. The molecule has 2 unspecified atom stereocenters. The molecular formula is C15H22BrNO2. The average molecular weight is 328 g/mol. The van der Waals surface area contributed by atoms with Crippen molar-refractivity contribution in [2.45, 2.75) is 45.4 Å². The summed E-state index contributed by atoms with van der Waals surface area (Å²) < 4.78 is 0. The lowest BCUT2D eigenvalue weighted by Gasteiger charge is -2.31. The Labute approximate surface area is 123 Å². The fraction of sp³-hybridized carbons (Fsp3) is 0.867. The Balaban J connectivity index is 1.76. The van der Waals surface area contributed by atoms with E-state index in [0.29, 0.717) is 12.5 Å². The number of halogens is 1. The summed E-state index contributed by atoms with van der Waals surface area (Å²) >= 11 is 3.60. The van der Waals surface area contributed by atoms with Crippen LogP contribution in [-0.2, 0) is 9.59 Å². The summed E-state index contributed by atoms with van der Waals surface area (Å²) in [5.74, 6) is 0.757. The van der Waals surface area contributed by atoms with Crippen molar-refractivity contribution in [2.24, 2.45) is 23.2 Å². The first-order chi connectivity index (χ1) is 9.06. The predicted molar refractivity (Wildman–Crippen MR) is 76.8 cm³/mol. The summed E-state index contributed by atoms with van der Waals surface area (Å²) in [5.41, 5.74) is 0.148. The van der Waals surface area contributed by atoms with Crippen molar-refractivity contribution in [3.05, 3.63) is 0 Å². The molecule has 3 rings (SSSR count). The summed E-state index contributed by atoms with van der Waals surface area (Å²) in [7, 11) is 0. The van der Waals surface area contributed by atoms with Gasteiger partial charge in [0.2, 0.25) is 11.8 Å². The van der Waals surface area contributed by atoms with E-state index < -0.39 is 0 Å². The minimum atomic E-state index is -0.00345. The van der Waals surface area contributed by atoms with Crippen LogP contribution in [0.2, 0.25) is 0 Å². The molecule has 2 atom stereocenters. The number of nitrogens with zero attached hydrogens (tertiary/aromatic N) is 1. The van der Waals surface area contributed by atoms with Crippen LogP contribution in [0.3, 0.4) is 0 Å². The van der Waals surface area contributed by atoms with E-state index >= 15 is 0 Å². The number of rotatable bonds is 3. The third-order valence-electron chi connectivity index (χ3n) is 5.41. The lowest BCUT2D eigenvalue weighted by molar-refractivity contribution is -0.142. The Kier molecular flexibility index (Phi) is 3.48. The lowest BCUT2D eigenvalue weighted by Crippen LogP contribution is -2.42. The van der Waals surface area contributed by atoms with E-state index in [2.05, 4.69) is 22.9 Å². The fourth-order valence-electron chi connectivity index (χ4n) is 4.30. The predicted octanol–water partition coefficient (Wildman–Crippen LogP) is 2.97. The summed E-state index contributed by atoms with van der Waals surface area (Å²) in [5, 5.41) is 0.906. The lowest BCUT2D eigenvalue weighted by atomic mass is 9.88. The van der Waals surface area contributed by atoms with Gasteiger partial charge in [0, 0.05) is 11.9 Å². The molecule has 4 heteroatoms. The number of amides is 2. The van der Waals surface area contributed by atoms with E-state index in [1.807, 2.05) is 0 Å². The van der Waals surface area contributed by atoms with Gasteiger partial charge in [-0.1, -0.05) is 35.7 Å². The third-order valence-corrected chi connectivity index (χ3v) is 6.60. The van der Waals surface area contributed by atoms with Gasteiger partial charge in [-0.25, -0.2) is 0 Å². The van der Waals surface area contributed by atoms with Crippen molar-refractivity contribution in [1.29, 1.82) is 0 Å². The molecule has 19 heavy (non-hydrogen) atoms. The molecule has 106 valence electrons. The zero-order valence-electron chi connectivity index (χ0n) is 11.5. The highest BCUT2D eigenvalue weighted by Gasteiger charge is 2.53. The largest absolute Gasteiger partial charge is 0.282 e. The van der Waals surface area contributed by atoms with Crippen LogP contribution >= 0.6 is 15.9 Å². The summed E-state index contributed by atoms with van der Waals surface area (Å²) in [6, 6.07) is 0. The molecule has 0 aromatic rings. The maximum atomic E-state index is 12.5. The molecule has 1 heterocycles. The number of fused-ring (bicyclic) bond motifs is 1. The Morgan fingerprint density at radius 3 is 2.16 bits per heavy atom. The molecule has 1 saturated heterocycles. The molecule has 0 bridgehead atoms. The Morgan fingerprint density at radius 2 is 1.68 bits per heavy atom. The molecule has 3 nitrogen and oxygen atoms in total. The van der Waals surface area contributed by atoms with Crippen molar-refractivity contribution in [1.82, 2.24) is 4.90 Å². The third kappa shape index (κ3) is 2.16. The van der Waals surface area contributed by atoms with Gasteiger partial charge in [0.15, 0.2) is 0 Å². The van der Waals surface area contributed by atoms with Crippen LogP contribution in [0.1, 0.15) is 45.4 Å². The van der Waals surface area contributed by atoms with Crippen LogP contribution in [0, 0.1) is 23.2 Å². The number of hydrogen-bond acceptors (Lipinski definition) is 2. The van der Waals surface area contributed by atoms with E-state index in [1.54, 1.807) is 4.90 Å². The Morgan fingerprint density at radius 1 is 1.16 bits per heavy atom. The van der Waals surface area contributed by atoms with Crippen molar-refractivity contribution in [3.63, 3.8) is 0 Å². The van der Waals surface area contributed by atoms with Crippen molar-refractivity contribution in [2.75, 3.05) is 11.9 Å². The normalized spacial score (nSPS) is 37.2. The molecule has 2 aliphatic carbocycles. The topological polar surface area (TPSA) is 37.4 Å². The Hall–Kier alpha value is -0.380. The smallest absolute Gasteiger partial charge is 0.233 e. The molecule has 0 aromatic heterocycles. The Bertz CT molecular complexity index is 379. The SMILES string of the molecule is CC1CC2C(=O)N(CC3(CBr)CCCC3)C(=O)C2C1. The van der Waals surface area contributed by atoms with Gasteiger partial charge in [-0.3, -0.25) is 14.5 Å². The summed E-state index contributed by atoms with van der Waals surface area (Å²) in [4.78, 5) is 26.6. The first-order valence-corrected chi connectivity index (χ1v) is 8.60. The highest BCUT2D eigenvalue weighted by atomic mass is 79.9. The molecular weight excluding hydrogens is 306 g/mol. The fourth-order valence-corrected chi connectivity index (χ4v) is 5.03. The van der Waals surface area contributed by atoms with Gasteiger partial charge >= 0.3 is 0 Å². The molecule has 1 aliphatic heterocycles. The van der Waals surface area contributed by atoms with E-state index in [4.69, 9.17) is 0 Å². The maximum absolute atomic E-state index is 12.5. The molecule has 3 aliphatic rings. The van der Waals surface area contributed by atoms with Gasteiger partial charge in [-0.05, 0) is 37.0 Å². The first kappa shape index (κ1) is 13.6. The quantitative estimate of drug-likeness (QED) is 0.590. The van der Waals surface area contributed by atoms with E-state index in [9.17, 15) is 9.59 Å². The van der Waals surface area contributed by atoms with Crippen LogP contribution in [0.4, 0.5) is 0 Å². The van der Waals surface area contributed by atoms with Crippen molar-refractivity contribution in [3.8, 4) is 0 Å². The van der Waals surface area contributed by atoms with E-state index in [0.717, 1.165) is 31.0 Å². The second-order valence-electron chi connectivity index (χ2n) is 6.89. The summed E-state index contributed by atoms with van der Waals surface area (Å²) in [6.45, 7) is 2.80. The number of carbonyl (C=O) groups excluding carboxylic acids is 2. The number of alkyl halides is 1. The molecule has 2 saturated carbocycles. The number of imide groups is 1. The molecule has 2 amide bonds. The standard InChI is InChI=1S/C15H22BrNO2/c1-10-6-11-12(7-10)14(19)17(13(11)18)9-15(8-16)4-2-3-5-15/h10-12H,2-9H2,1H3. The van der Waals surface area contributed by atoms with Gasteiger partial charge in [0.1, 0.15) is 0 Å². The van der Waals surface area contributed by atoms with Crippen LogP contribution in [0.25, 0.3) is 0 Å². The van der Waals surface area contributed by atoms with Gasteiger partial charge < -0.3 is 0 Å². The number of hydrogen-bond donors (Lipinski definition) is 0.